The average Bonchev–Trinajstić information content (AvgIpc) is 3.24. The molecular weight excluding hydrogens is 453 g/mol. The Morgan fingerprint density at radius 2 is 2.06 bits per heavy atom. The van der Waals surface area contributed by atoms with Crippen molar-refractivity contribution in [2.24, 2.45) is 11.1 Å². The summed E-state index contributed by atoms with van der Waals surface area (Å²) >= 11 is 12.0. The predicted octanol–water partition coefficient (Wildman–Crippen LogP) is 5.31. The maximum Gasteiger partial charge on any atom is 0.347 e. The topological polar surface area (TPSA) is 72.4 Å². The molecule has 1 N–H and O–H groups in total. The van der Waals surface area contributed by atoms with Crippen LogP contribution in [0.4, 0.5) is 4.79 Å². The van der Waals surface area contributed by atoms with Gasteiger partial charge in [-0.25, -0.2) is 4.79 Å². The second kappa shape index (κ2) is 8.86. The molecule has 164 valence electrons. The lowest BCUT2D eigenvalue weighted by Crippen LogP contribution is -2.40. The van der Waals surface area contributed by atoms with E-state index in [-0.39, 0.29) is 18.6 Å². The van der Waals surface area contributed by atoms with E-state index >= 15 is 0 Å². The third-order valence-electron chi connectivity index (χ3n) is 5.56. The lowest BCUT2D eigenvalue weighted by atomic mass is 9.88. The van der Waals surface area contributed by atoms with Crippen LogP contribution in [-0.4, -0.2) is 30.6 Å². The van der Waals surface area contributed by atoms with Crippen LogP contribution in [0.25, 0.3) is 10.8 Å². The molecule has 9 heteroatoms. The molecule has 3 aromatic rings. The van der Waals surface area contributed by atoms with Crippen molar-refractivity contribution in [1.82, 2.24) is 10.4 Å². The molecule has 0 aliphatic carbocycles. The Hall–Kier alpha value is -3.00. The first-order valence-electron chi connectivity index (χ1n) is 10.1. The van der Waals surface area contributed by atoms with Crippen molar-refractivity contribution in [1.29, 1.82) is 0 Å². The van der Waals surface area contributed by atoms with Gasteiger partial charge in [-0.2, -0.15) is 5.06 Å². The molecule has 7 nitrogen and oxygen atoms in total. The fraction of sp³-hybridized carbons (Fsp3) is 0.217. The van der Waals surface area contributed by atoms with E-state index in [0.717, 1.165) is 27.6 Å². The van der Waals surface area contributed by atoms with Gasteiger partial charge < -0.3 is 9.57 Å². The van der Waals surface area contributed by atoms with E-state index in [2.05, 4.69) is 10.5 Å². The lowest BCUT2D eigenvalue weighted by Gasteiger charge is -2.32. The molecule has 2 amide bonds. The summed E-state index contributed by atoms with van der Waals surface area (Å²) in [6.45, 7) is 1.02. The molecule has 3 aromatic carbocycles. The van der Waals surface area contributed by atoms with Gasteiger partial charge in [0.05, 0.1) is 19.3 Å². The van der Waals surface area contributed by atoms with Gasteiger partial charge in [-0.3, -0.25) is 10.2 Å². The first-order valence-corrected chi connectivity index (χ1v) is 10.8. The van der Waals surface area contributed by atoms with E-state index in [1.165, 1.54) is 11.4 Å². The van der Waals surface area contributed by atoms with Crippen molar-refractivity contribution in [2.45, 2.75) is 12.6 Å². The van der Waals surface area contributed by atoms with Crippen LogP contribution in [0.15, 0.2) is 59.8 Å². The Labute approximate surface area is 194 Å². The number of benzene rings is 3. The van der Waals surface area contributed by atoms with Crippen molar-refractivity contribution in [3.8, 4) is 5.75 Å². The molecular formula is C23H19Cl2N3O4. The van der Waals surface area contributed by atoms with Crippen LogP contribution in [0, 0.1) is 5.92 Å². The molecule has 2 heterocycles. The maximum atomic E-state index is 12.8. The maximum absolute atomic E-state index is 12.8. The van der Waals surface area contributed by atoms with Gasteiger partial charge >= 0.3 is 6.03 Å². The quantitative estimate of drug-likeness (QED) is 0.317. The van der Waals surface area contributed by atoms with Crippen molar-refractivity contribution in [3.05, 3.63) is 75.8 Å². The van der Waals surface area contributed by atoms with E-state index in [1.807, 2.05) is 36.4 Å². The van der Waals surface area contributed by atoms with Crippen LogP contribution < -0.4 is 10.1 Å². The van der Waals surface area contributed by atoms with Gasteiger partial charge in [0.15, 0.2) is 0 Å². The van der Waals surface area contributed by atoms with Gasteiger partial charge in [-0.05, 0) is 29.0 Å². The minimum absolute atomic E-state index is 0.0410. The van der Waals surface area contributed by atoms with Gasteiger partial charge in [-0.1, -0.05) is 64.8 Å². The molecule has 0 aromatic heterocycles. The lowest BCUT2D eigenvalue weighted by molar-refractivity contribution is -0.0862. The molecule has 1 saturated heterocycles. The number of hydrogen-bond acceptors (Lipinski definition) is 5. The zero-order chi connectivity index (χ0) is 22.1. The summed E-state index contributed by atoms with van der Waals surface area (Å²) in [5.41, 5.74) is 1.69. The third kappa shape index (κ3) is 3.95. The highest BCUT2D eigenvalue weighted by molar-refractivity contribution is 6.35. The van der Waals surface area contributed by atoms with Crippen LogP contribution >= 0.6 is 23.2 Å². The number of oxime groups is 1. The van der Waals surface area contributed by atoms with Crippen LogP contribution in [-0.2, 0) is 16.3 Å². The average molecular weight is 472 g/mol. The number of hydrogen-bond donors (Lipinski definition) is 1. The predicted molar refractivity (Wildman–Crippen MR) is 122 cm³/mol. The third-order valence-corrected chi connectivity index (χ3v) is 6.14. The van der Waals surface area contributed by atoms with Crippen molar-refractivity contribution < 1.29 is 19.2 Å². The molecule has 0 spiro atoms. The largest absolute Gasteiger partial charge is 0.493 e. The van der Waals surface area contributed by atoms with Crippen LogP contribution in [0.2, 0.25) is 10.0 Å². The minimum atomic E-state index is -0.435. The molecule has 2 atom stereocenters. The SMILES string of the molecule is O=C(NC=NOCc1ccc(Cl)cc1Cl)N1OCC2COc3ccc4ccccc4c3C21. The number of nitrogens with one attached hydrogen (secondary N) is 1. The Kier molecular flexibility index (Phi) is 5.78. The number of carbonyl (C=O) groups excluding carboxylic acids is 1. The number of carbonyl (C=O) groups is 1. The van der Waals surface area contributed by atoms with Crippen molar-refractivity contribution in [2.75, 3.05) is 13.2 Å². The van der Waals surface area contributed by atoms with E-state index < -0.39 is 6.03 Å². The summed E-state index contributed by atoms with van der Waals surface area (Å²) in [6.07, 6.45) is 1.19. The molecule has 5 rings (SSSR count). The first kappa shape index (κ1) is 20.9. The molecule has 0 saturated carbocycles. The van der Waals surface area contributed by atoms with Gasteiger partial charge in [0, 0.05) is 27.1 Å². The van der Waals surface area contributed by atoms with Crippen LogP contribution in [0.3, 0.4) is 0 Å². The number of halogens is 2. The normalized spacial score (nSPS) is 19.5. The molecule has 0 radical (unpaired) electrons. The molecule has 2 aliphatic heterocycles. The zero-order valence-corrected chi connectivity index (χ0v) is 18.3. The highest BCUT2D eigenvalue weighted by atomic mass is 35.5. The summed E-state index contributed by atoms with van der Waals surface area (Å²) in [5.74, 6) is 0.810. The smallest absolute Gasteiger partial charge is 0.347 e. The number of ether oxygens (including phenoxy) is 1. The van der Waals surface area contributed by atoms with Gasteiger partial charge in [0.25, 0.3) is 0 Å². The zero-order valence-electron chi connectivity index (χ0n) is 16.8. The van der Waals surface area contributed by atoms with E-state index in [9.17, 15) is 4.79 Å². The highest BCUT2D eigenvalue weighted by Gasteiger charge is 2.45. The minimum Gasteiger partial charge on any atom is -0.493 e. The van der Waals surface area contributed by atoms with Gasteiger partial charge in [0.1, 0.15) is 18.7 Å². The summed E-state index contributed by atoms with van der Waals surface area (Å²) in [4.78, 5) is 23.8. The standard InChI is InChI=1S/C23H19Cl2N3O4/c24-17-7-5-15(19(25)9-17)11-31-27-13-26-23(29)28-22-16(12-32-28)10-30-20-8-6-14-3-1-2-4-18(14)21(20)22/h1-9,13,16,22H,10-12H2,(H,26,27,29). The monoisotopic (exact) mass is 471 g/mol. The number of rotatable bonds is 4. The Morgan fingerprint density at radius 1 is 1.19 bits per heavy atom. The van der Waals surface area contributed by atoms with Crippen LogP contribution in [0.5, 0.6) is 5.75 Å². The Bertz CT molecular complexity index is 1200. The van der Waals surface area contributed by atoms with Crippen LogP contribution in [0.1, 0.15) is 17.2 Å². The van der Waals surface area contributed by atoms with E-state index in [4.69, 9.17) is 37.6 Å². The molecule has 1 fully saturated rings. The molecule has 2 aliphatic rings. The highest BCUT2D eigenvalue weighted by Crippen LogP contribution is 2.46. The molecule has 2 unspecified atom stereocenters. The van der Waals surface area contributed by atoms with Gasteiger partial charge in [0.2, 0.25) is 0 Å². The number of amides is 2. The Balaban J connectivity index is 1.28. The summed E-state index contributed by atoms with van der Waals surface area (Å²) in [5, 5.41) is 10.9. The fourth-order valence-corrected chi connectivity index (χ4v) is 4.51. The van der Waals surface area contributed by atoms with E-state index in [0.29, 0.717) is 23.3 Å². The molecule has 32 heavy (non-hydrogen) atoms. The number of nitrogens with zero attached hydrogens (tertiary/aromatic N) is 2. The Morgan fingerprint density at radius 3 is 2.94 bits per heavy atom. The summed E-state index contributed by atoms with van der Waals surface area (Å²) < 4.78 is 5.94. The summed E-state index contributed by atoms with van der Waals surface area (Å²) in [6, 6.07) is 16.4. The second-order valence-corrected chi connectivity index (χ2v) is 8.37. The fourth-order valence-electron chi connectivity index (χ4n) is 4.05. The van der Waals surface area contributed by atoms with Gasteiger partial charge in [-0.15, -0.1) is 0 Å². The summed E-state index contributed by atoms with van der Waals surface area (Å²) in [7, 11) is 0. The van der Waals surface area contributed by atoms with Crippen molar-refractivity contribution in [3.63, 3.8) is 0 Å². The number of hydroxylamine groups is 2. The number of urea groups is 1. The van der Waals surface area contributed by atoms with Crippen molar-refractivity contribution >= 4 is 46.3 Å². The second-order valence-electron chi connectivity index (χ2n) is 7.53. The first-order chi connectivity index (χ1) is 15.6. The number of fused-ring (bicyclic) bond motifs is 5. The molecule has 0 bridgehead atoms. The van der Waals surface area contributed by atoms with E-state index in [1.54, 1.807) is 18.2 Å².